The zero-order chi connectivity index (χ0) is 15.4. The van der Waals surface area contributed by atoms with Crippen molar-refractivity contribution in [3.8, 4) is 0 Å². The van der Waals surface area contributed by atoms with Crippen LogP contribution in [0.4, 0.5) is 5.69 Å². The van der Waals surface area contributed by atoms with Crippen molar-refractivity contribution >= 4 is 17.6 Å². The predicted octanol–water partition coefficient (Wildman–Crippen LogP) is 2.63. The molecule has 0 saturated carbocycles. The molecule has 108 valence electrons. The topological polar surface area (TPSA) is 89.6 Å². The Bertz CT molecular complexity index is 677. The Morgan fingerprint density at radius 2 is 1.81 bits per heavy atom. The summed E-state index contributed by atoms with van der Waals surface area (Å²) < 4.78 is 5.18. The van der Waals surface area contributed by atoms with Crippen LogP contribution < -0.4 is 5.73 Å². The smallest absolute Gasteiger partial charge is 0.340 e. The zero-order valence-corrected chi connectivity index (χ0v) is 11.5. The average Bonchev–Trinajstić information content (AvgIpc) is 2.48. The summed E-state index contributed by atoms with van der Waals surface area (Å²) in [5, 5.41) is 8.80. The molecule has 0 aliphatic carbocycles. The summed E-state index contributed by atoms with van der Waals surface area (Å²) in [6.07, 6.45) is 0. The Morgan fingerprint density at radius 3 is 2.43 bits per heavy atom. The van der Waals surface area contributed by atoms with E-state index in [-0.39, 0.29) is 12.2 Å². The van der Waals surface area contributed by atoms with Gasteiger partial charge in [0.05, 0.1) is 11.1 Å². The number of carboxylic acid groups (broad SMARTS) is 1. The van der Waals surface area contributed by atoms with E-state index in [1.54, 1.807) is 24.3 Å². The van der Waals surface area contributed by atoms with Crippen LogP contribution >= 0.6 is 0 Å². The monoisotopic (exact) mass is 285 g/mol. The van der Waals surface area contributed by atoms with E-state index < -0.39 is 11.9 Å². The number of anilines is 1. The molecule has 0 amide bonds. The summed E-state index contributed by atoms with van der Waals surface area (Å²) in [7, 11) is 0. The number of carbonyl (C=O) groups excluding carboxylic acids is 1. The third-order valence-corrected chi connectivity index (χ3v) is 3.11. The van der Waals surface area contributed by atoms with Gasteiger partial charge in [0.2, 0.25) is 0 Å². The van der Waals surface area contributed by atoms with Crippen molar-refractivity contribution in [2.45, 2.75) is 13.5 Å². The maximum Gasteiger partial charge on any atom is 0.340 e. The molecule has 0 atom stereocenters. The summed E-state index contributed by atoms with van der Waals surface area (Å²) >= 11 is 0. The molecule has 0 fully saturated rings. The first-order valence-electron chi connectivity index (χ1n) is 6.33. The molecule has 0 aliphatic rings. The average molecular weight is 285 g/mol. The third-order valence-electron chi connectivity index (χ3n) is 3.11. The van der Waals surface area contributed by atoms with Crippen LogP contribution in [0.5, 0.6) is 0 Å². The van der Waals surface area contributed by atoms with Crippen LogP contribution in [0.25, 0.3) is 0 Å². The number of hydrogen-bond acceptors (Lipinski definition) is 4. The molecule has 0 saturated heterocycles. The van der Waals surface area contributed by atoms with Crippen molar-refractivity contribution in [1.29, 1.82) is 0 Å². The Kier molecular flexibility index (Phi) is 4.23. The van der Waals surface area contributed by atoms with Crippen molar-refractivity contribution in [1.82, 2.24) is 0 Å². The summed E-state index contributed by atoms with van der Waals surface area (Å²) in [6.45, 7) is 1.88. The number of nitrogen functional groups attached to an aromatic ring is 1. The van der Waals surface area contributed by atoms with E-state index in [1.165, 1.54) is 12.1 Å². The van der Waals surface area contributed by atoms with Crippen LogP contribution in [0.3, 0.4) is 0 Å². The summed E-state index contributed by atoms with van der Waals surface area (Å²) in [5.41, 5.74) is 8.29. The normalized spacial score (nSPS) is 10.1. The fourth-order valence-corrected chi connectivity index (χ4v) is 1.83. The lowest BCUT2D eigenvalue weighted by atomic mass is 10.1. The van der Waals surface area contributed by atoms with Gasteiger partial charge in [-0.1, -0.05) is 24.3 Å². The van der Waals surface area contributed by atoms with Crippen molar-refractivity contribution in [2.75, 3.05) is 5.73 Å². The number of aryl methyl sites for hydroxylation is 1. The summed E-state index contributed by atoms with van der Waals surface area (Å²) in [6, 6.07) is 11.3. The van der Waals surface area contributed by atoms with Crippen molar-refractivity contribution in [2.24, 2.45) is 0 Å². The molecule has 0 aliphatic heterocycles. The molecular formula is C16H15NO4. The first-order chi connectivity index (χ1) is 9.99. The highest BCUT2D eigenvalue weighted by Gasteiger charge is 2.12. The number of carbonyl (C=O) groups is 2. The highest BCUT2D eigenvalue weighted by molar-refractivity contribution is 5.95. The van der Waals surface area contributed by atoms with Crippen LogP contribution in [0.1, 0.15) is 31.8 Å². The van der Waals surface area contributed by atoms with Crippen LogP contribution in [-0.2, 0) is 11.3 Å². The predicted molar refractivity (Wildman–Crippen MR) is 78.1 cm³/mol. The number of ether oxygens (including phenoxy) is 1. The van der Waals surface area contributed by atoms with E-state index in [9.17, 15) is 9.59 Å². The zero-order valence-electron chi connectivity index (χ0n) is 11.5. The lowest BCUT2D eigenvalue weighted by Crippen LogP contribution is -2.09. The van der Waals surface area contributed by atoms with E-state index >= 15 is 0 Å². The van der Waals surface area contributed by atoms with Gasteiger partial charge in [-0.25, -0.2) is 9.59 Å². The number of nitrogens with two attached hydrogens (primary N) is 1. The Morgan fingerprint density at radius 1 is 1.14 bits per heavy atom. The highest BCUT2D eigenvalue weighted by atomic mass is 16.5. The minimum Gasteiger partial charge on any atom is -0.478 e. The van der Waals surface area contributed by atoms with E-state index in [1.807, 2.05) is 13.0 Å². The lowest BCUT2D eigenvalue weighted by Gasteiger charge is -2.09. The molecule has 3 N–H and O–H groups in total. The molecule has 0 radical (unpaired) electrons. The van der Waals surface area contributed by atoms with Gasteiger partial charge in [-0.15, -0.1) is 0 Å². The SMILES string of the molecule is Cc1cccc(C(=O)OCc2ccc(C(=O)O)cc2)c1N. The van der Waals surface area contributed by atoms with E-state index in [4.69, 9.17) is 15.6 Å². The van der Waals surface area contributed by atoms with E-state index in [0.717, 1.165) is 5.56 Å². The maximum absolute atomic E-state index is 12.0. The molecule has 0 unspecified atom stereocenters. The second-order valence-electron chi connectivity index (χ2n) is 4.61. The highest BCUT2D eigenvalue weighted by Crippen LogP contribution is 2.18. The first kappa shape index (κ1) is 14.6. The molecule has 0 spiro atoms. The van der Waals surface area contributed by atoms with Crippen LogP contribution in [0.2, 0.25) is 0 Å². The van der Waals surface area contributed by atoms with Crippen molar-refractivity contribution < 1.29 is 19.4 Å². The molecule has 2 rings (SSSR count). The second-order valence-corrected chi connectivity index (χ2v) is 4.61. The molecule has 2 aromatic rings. The molecule has 0 bridgehead atoms. The van der Waals surface area contributed by atoms with Gasteiger partial charge in [-0.3, -0.25) is 0 Å². The van der Waals surface area contributed by atoms with Crippen molar-refractivity contribution in [3.05, 3.63) is 64.7 Å². The number of esters is 1. The summed E-state index contributed by atoms with van der Waals surface area (Å²) in [4.78, 5) is 22.7. The quantitative estimate of drug-likeness (QED) is 0.665. The Balaban J connectivity index is 2.04. The number of para-hydroxylation sites is 1. The van der Waals surface area contributed by atoms with Crippen LogP contribution in [0.15, 0.2) is 42.5 Å². The van der Waals surface area contributed by atoms with Gasteiger partial charge in [0.1, 0.15) is 6.61 Å². The van der Waals surface area contributed by atoms with E-state index in [2.05, 4.69) is 0 Å². The molecular weight excluding hydrogens is 270 g/mol. The number of aromatic carboxylic acids is 1. The number of hydrogen-bond donors (Lipinski definition) is 2. The van der Waals surface area contributed by atoms with E-state index in [0.29, 0.717) is 16.8 Å². The Labute approximate surface area is 122 Å². The van der Waals surface area contributed by atoms with Gasteiger partial charge in [-0.2, -0.15) is 0 Å². The van der Waals surface area contributed by atoms with Gasteiger partial charge < -0.3 is 15.6 Å². The van der Waals surface area contributed by atoms with Crippen molar-refractivity contribution in [3.63, 3.8) is 0 Å². The van der Waals surface area contributed by atoms with Crippen LogP contribution in [-0.4, -0.2) is 17.0 Å². The maximum atomic E-state index is 12.0. The molecule has 0 heterocycles. The fraction of sp³-hybridized carbons (Fsp3) is 0.125. The lowest BCUT2D eigenvalue weighted by molar-refractivity contribution is 0.0473. The first-order valence-corrected chi connectivity index (χ1v) is 6.33. The number of benzene rings is 2. The Hall–Kier alpha value is -2.82. The summed E-state index contributed by atoms with van der Waals surface area (Å²) in [5.74, 6) is -1.50. The van der Waals surface area contributed by atoms with Gasteiger partial charge in [0.15, 0.2) is 0 Å². The second kappa shape index (κ2) is 6.09. The van der Waals surface area contributed by atoms with Crippen LogP contribution in [0, 0.1) is 6.92 Å². The fourth-order valence-electron chi connectivity index (χ4n) is 1.83. The van der Waals surface area contributed by atoms with Gasteiger partial charge in [0, 0.05) is 5.69 Å². The molecule has 21 heavy (non-hydrogen) atoms. The standard InChI is InChI=1S/C16H15NO4/c1-10-3-2-4-13(14(10)17)16(20)21-9-11-5-7-12(8-6-11)15(18)19/h2-8H,9,17H2,1H3,(H,18,19). The number of carboxylic acids is 1. The van der Waals surface area contributed by atoms with Gasteiger partial charge >= 0.3 is 11.9 Å². The molecule has 0 aromatic heterocycles. The third kappa shape index (κ3) is 3.39. The molecule has 2 aromatic carbocycles. The minimum absolute atomic E-state index is 0.0616. The van der Waals surface area contributed by atoms with Gasteiger partial charge in [-0.05, 0) is 36.2 Å². The molecule has 5 nitrogen and oxygen atoms in total. The largest absolute Gasteiger partial charge is 0.478 e. The number of rotatable bonds is 4. The van der Waals surface area contributed by atoms with Gasteiger partial charge in [0.25, 0.3) is 0 Å². The molecule has 5 heteroatoms. The minimum atomic E-state index is -0.994.